The molecular formula is C18H30O4. The van der Waals surface area contributed by atoms with Gasteiger partial charge < -0.3 is 9.47 Å². The monoisotopic (exact) mass is 310 g/mol. The molecule has 0 N–H and O–H groups in total. The van der Waals surface area contributed by atoms with Crippen LogP contribution in [0.15, 0.2) is 24.8 Å². The first kappa shape index (κ1) is 20.4. The summed E-state index contributed by atoms with van der Waals surface area (Å²) in [6.45, 7) is 6.19. The lowest BCUT2D eigenvalue weighted by Crippen LogP contribution is -2.05. The Balaban J connectivity index is 3.40. The fourth-order valence-electron chi connectivity index (χ4n) is 1.96. The average molecular weight is 310 g/mol. The molecule has 0 atom stereocenters. The van der Waals surface area contributed by atoms with Crippen LogP contribution in [0.25, 0.3) is 0 Å². The highest BCUT2D eigenvalue weighted by molar-refractivity contribution is 5.91. The summed E-state index contributed by atoms with van der Waals surface area (Å²) in [5, 5.41) is 0. The summed E-state index contributed by atoms with van der Waals surface area (Å²) in [5.41, 5.74) is 0. The Kier molecular flexibility index (Phi) is 14.7. The van der Waals surface area contributed by atoms with Crippen molar-refractivity contribution >= 4 is 11.9 Å². The third-order valence-corrected chi connectivity index (χ3v) is 3.19. The Morgan fingerprint density at radius 1 is 0.818 bits per heavy atom. The fraction of sp³-hybridized carbons (Fsp3) is 0.667. The summed E-state index contributed by atoms with van der Waals surface area (Å²) >= 11 is 0. The molecule has 0 unspecified atom stereocenters. The van der Waals surface area contributed by atoms with Gasteiger partial charge in [0.05, 0.1) is 6.61 Å². The lowest BCUT2D eigenvalue weighted by molar-refractivity contribution is -0.140. The van der Waals surface area contributed by atoms with Gasteiger partial charge in [-0.2, -0.15) is 0 Å². The molecule has 0 bridgehead atoms. The molecule has 4 heteroatoms. The molecular weight excluding hydrogens is 280 g/mol. The number of carbonyl (C=O) groups is 2. The first-order chi connectivity index (χ1) is 10.7. The molecule has 0 aliphatic carbocycles. The Labute approximate surface area is 134 Å². The van der Waals surface area contributed by atoms with Crippen molar-refractivity contribution in [2.75, 3.05) is 13.2 Å². The van der Waals surface area contributed by atoms with E-state index in [4.69, 9.17) is 9.47 Å². The standard InChI is InChI=1S/C18H30O4/c1-3-5-6-7-8-9-10-11-12-16-22-18(20)14-13-17(19)21-15-4-2/h4,13-14H,2-3,5-12,15-16H2,1H3/b14-13+. The van der Waals surface area contributed by atoms with E-state index in [-0.39, 0.29) is 6.61 Å². The smallest absolute Gasteiger partial charge is 0.331 e. The van der Waals surface area contributed by atoms with Gasteiger partial charge in [0.25, 0.3) is 0 Å². The van der Waals surface area contributed by atoms with Crippen LogP contribution in [0.3, 0.4) is 0 Å². The zero-order chi connectivity index (χ0) is 16.5. The maximum atomic E-state index is 11.3. The molecule has 0 saturated heterocycles. The summed E-state index contributed by atoms with van der Waals surface area (Å²) in [4.78, 5) is 22.4. The third-order valence-electron chi connectivity index (χ3n) is 3.19. The molecule has 0 rings (SSSR count). The van der Waals surface area contributed by atoms with Gasteiger partial charge in [0.1, 0.15) is 6.61 Å². The number of esters is 2. The first-order valence-electron chi connectivity index (χ1n) is 8.33. The highest BCUT2D eigenvalue weighted by Crippen LogP contribution is 2.09. The van der Waals surface area contributed by atoms with Crippen molar-refractivity contribution in [3.05, 3.63) is 24.8 Å². The van der Waals surface area contributed by atoms with E-state index in [2.05, 4.69) is 13.5 Å². The molecule has 4 nitrogen and oxygen atoms in total. The summed E-state index contributed by atoms with van der Waals surface area (Å²) < 4.78 is 9.70. The van der Waals surface area contributed by atoms with Gasteiger partial charge in [-0.25, -0.2) is 9.59 Å². The van der Waals surface area contributed by atoms with E-state index < -0.39 is 11.9 Å². The lowest BCUT2D eigenvalue weighted by Gasteiger charge is -2.03. The average Bonchev–Trinajstić information content (AvgIpc) is 2.52. The van der Waals surface area contributed by atoms with Gasteiger partial charge in [0, 0.05) is 12.2 Å². The van der Waals surface area contributed by atoms with Crippen molar-refractivity contribution in [2.24, 2.45) is 0 Å². The van der Waals surface area contributed by atoms with Crippen LogP contribution in [0, 0.1) is 0 Å². The van der Waals surface area contributed by atoms with E-state index in [9.17, 15) is 9.59 Å². The predicted octanol–water partition coefficient (Wildman–Crippen LogP) is 4.35. The summed E-state index contributed by atoms with van der Waals surface area (Å²) in [6.07, 6.45) is 14.6. The van der Waals surface area contributed by atoms with Crippen LogP contribution < -0.4 is 0 Å². The second kappa shape index (κ2) is 15.8. The van der Waals surface area contributed by atoms with Crippen LogP contribution >= 0.6 is 0 Å². The molecule has 0 aliphatic heterocycles. The molecule has 0 radical (unpaired) electrons. The minimum absolute atomic E-state index is 0.136. The minimum atomic E-state index is -0.570. The maximum absolute atomic E-state index is 11.3. The molecule has 22 heavy (non-hydrogen) atoms. The zero-order valence-corrected chi connectivity index (χ0v) is 13.9. The largest absolute Gasteiger partial charge is 0.463 e. The van der Waals surface area contributed by atoms with Gasteiger partial charge in [-0.3, -0.25) is 0 Å². The molecule has 0 amide bonds. The van der Waals surface area contributed by atoms with E-state index in [0.717, 1.165) is 25.0 Å². The summed E-state index contributed by atoms with van der Waals surface area (Å²) in [6, 6.07) is 0. The van der Waals surface area contributed by atoms with Gasteiger partial charge in [0.15, 0.2) is 0 Å². The van der Waals surface area contributed by atoms with Gasteiger partial charge in [-0.1, -0.05) is 70.9 Å². The van der Waals surface area contributed by atoms with Crippen molar-refractivity contribution in [3.63, 3.8) is 0 Å². The molecule has 0 saturated carbocycles. The van der Waals surface area contributed by atoms with Crippen molar-refractivity contribution in [2.45, 2.75) is 64.7 Å². The van der Waals surface area contributed by atoms with Crippen molar-refractivity contribution < 1.29 is 19.1 Å². The molecule has 0 spiro atoms. The number of rotatable bonds is 14. The molecule has 0 aromatic rings. The Hall–Kier alpha value is -1.58. The maximum Gasteiger partial charge on any atom is 0.331 e. The van der Waals surface area contributed by atoms with E-state index in [1.165, 1.54) is 51.0 Å². The number of hydrogen-bond acceptors (Lipinski definition) is 4. The quantitative estimate of drug-likeness (QED) is 0.207. The van der Waals surface area contributed by atoms with Gasteiger partial charge in [-0.05, 0) is 6.42 Å². The van der Waals surface area contributed by atoms with E-state index >= 15 is 0 Å². The number of hydrogen-bond donors (Lipinski definition) is 0. The molecule has 0 heterocycles. The Morgan fingerprint density at radius 2 is 1.32 bits per heavy atom. The topological polar surface area (TPSA) is 52.6 Å². The van der Waals surface area contributed by atoms with Crippen LogP contribution in [0.4, 0.5) is 0 Å². The van der Waals surface area contributed by atoms with Crippen LogP contribution in [-0.4, -0.2) is 25.2 Å². The zero-order valence-electron chi connectivity index (χ0n) is 13.9. The van der Waals surface area contributed by atoms with E-state index in [1.807, 2.05) is 0 Å². The van der Waals surface area contributed by atoms with Crippen LogP contribution in [-0.2, 0) is 19.1 Å². The molecule has 0 aliphatic rings. The number of carbonyl (C=O) groups excluding carboxylic acids is 2. The lowest BCUT2D eigenvalue weighted by atomic mass is 10.1. The van der Waals surface area contributed by atoms with Gasteiger partial charge >= 0.3 is 11.9 Å². The van der Waals surface area contributed by atoms with E-state index in [1.54, 1.807) is 0 Å². The Morgan fingerprint density at radius 3 is 1.86 bits per heavy atom. The second-order valence-electron chi connectivity index (χ2n) is 5.25. The van der Waals surface area contributed by atoms with Crippen LogP contribution in [0.2, 0.25) is 0 Å². The fourth-order valence-corrected chi connectivity index (χ4v) is 1.96. The van der Waals surface area contributed by atoms with E-state index in [0.29, 0.717) is 6.61 Å². The van der Waals surface area contributed by atoms with Gasteiger partial charge in [0.2, 0.25) is 0 Å². The normalized spacial score (nSPS) is 10.6. The predicted molar refractivity (Wildman–Crippen MR) is 88.5 cm³/mol. The highest BCUT2D eigenvalue weighted by Gasteiger charge is 2.00. The third kappa shape index (κ3) is 14.8. The molecule has 0 fully saturated rings. The number of unbranched alkanes of at least 4 members (excludes halogenated alkanes) is 8. The first-order valence-corrected chi connectivity index (χ1v) is 8.33. The Bertz CT molecular complexity index is 334. The van der Waals surface area contributed by atoms with Crippen molar-refractivity contribution in [3.8, 4) is 0 Å². The summed E-state index contributed by atoms with van der Waals surface area (Å²) in [5.74, 6) is -1.07. The SMILES string of the molecule is C=CCOC(=O)/C=C/C(=O)OCCCCCCCCCCC. The minimum Gasteiger partial charge on any atom is -0.463 e. The van der Waals surface area contributed by atoms with Crippen LogP contribution in [0.5, 0.6) is 0 Å². The molecule has 0 aromatic heterocycles. The van der Waals surface area contributed by atoms with Gasteiger partial charge in [-0.15, -0.1) is 0 Å². The molecule has 126 valence electrons. The second-order valence-corrected chi connectivity index (χ2v) is 5.25. The van der Waals surface area contributed by atoms with Crippen LogP contribution in [0.1, 0.15) is 64.7 Å². The van der Waals surface area contributed by atoms with Crippen molar-refractivity contribution in [1.29, 1.82) is 0 Å². The number of ether oxygens (including phenoxy) is 2. The van der Waals surface area contributed by atoms with Crippen molar-refractivity contribution in [1.82, 2.24) is 0 Å². The molecule has 0 aromatic carbocycles. The highest BCUT2D eigenvalue weighted by atomic mass is 16.5. The summed E-state index contributed by atoms with van der Waals surface area (Å²) in [7, 11) is 0.